The third-order valence-corrected chi connectivity index (χ3v) is 5.74. The Hall–Kier alpha value is -0.910. The van der Waals surface area contributed by atoms with Gasteiger partial charge in [-0.2, -0.15) is 4.31 Å². The number of benzene rings is 1. The maximum Gasteiger partial charge on any atom is 0.243 e. The van der Waals surface area contributed by atoms with Crippen molar-refractivity contribution >= 4 is 10.0 Å². The van der Waals surface area contributed by atoms with Crippen LogP contribution in [0.15, 0.2) is 23.1 Å². The smallest absolute Gasteiger partial charge is 0.243 e. The molecule has 1 saturated carbocycles. The largest absolute Gasteiger partial charge is 0.310 e. The zero-order valence-corrected chi connectivity index (χ0v) is 13.5. The van der Waals surface area contributed by atoms with Crippen LogP contribution in [0.1, 0.15) is 37.8 Å². The lowest BCUT2D eigenvalue weighted by Crippen LogP contribution is -2.29. The van der Waals surface area contributed by atoms with Crippen molar-refractivity contribution in [2.75, 3.05) is 7.05 Å². The molecule has 4 nitrogen and oxygen atoms in total. The molecule has 0 aliphatic heterocycles. The van der Waals surface area contributed by atoms with E-state index in [0.717, 1.165) is 24.0 Å². The van der Waals surface area contributed by atoms with Gasteiger partial charge in [0.2, 0.25) is 10.0 Å². The number of rotatable bonds is 6. The highest BCUT2D eigenvalue weighted by Crippen LogP contribution is 2.31. The zero-order valence-electron chi connectivity index (χ0n) is 12.7. The predicted molar refractivity (Wildman–Crippen MR) is 81.1 cm³/mol. The summed E-state index contributed by atoms with van der Waals surface area (Å²) in [5.41, 5.74) is 1.82. The number of aryl methyl sites for hydroxylation is 1. The van der Waals surface area contributed by atoms with Crippen molar-refractivity contribution < 1.29 is 8.42 Å². The molecule has 1 aromatic carbocycles. The molecule has 0 bridgehead atoms. The predicted octanol–water partition coefficient (Wildman–Crippen LogP) is 2.28. The average molecular weight is 296 g/mol. The van der Waals surface area contributed by atoms with Crippen LogP contribution in [0.4, 0.5) is 0 Å². The number of hydrogen-bond donors (Lipinski definition) is 1. The molecule has 1 aliphatic carbocycles. The third kappa shape index (κ3) is 3.40. The summed E-state index contributed by atoms with van der Waals surface area (Å²) in [4.78, 5) is 0.440. The van der Waals surface area contributed by atoms with Gasteiger partial charge in [-0.3, -0.25) is 0 Å². The molecule has 112 valence electrons. The Bertz CT molecular complexity index is 578. The molecule has 0 heterocycles. The first kappa shape index (κ1) is 15.5. The lowest BCUT2D eigenvalue weighted by atomic mass is 10.1. The molecule has 0 radical (unpaired) electrons. The lowest BCUT2D eigenvalue weighted by molar-refractivity contribution is 0.463. The van der Waals surface area contributed by atoms with Gasteiger partial charge in [-0.15, -0.1) is 0 Å². The zero-order chi connectivity index (χ0) is 14.9. The van der Waals surface area contributed by atoms with E-state index in [1.165, 1.54) is 4.31 Å². The Morgan fingerprint density at radius 2 is 2.00 bits per heavy atom. The molecule has 0 saturated heterocycles. The number of hydrogen-bond acceptors (Lipinski definition) is 3. The maximum absolute atomic E-state index is 12.6. The minimum atomic E-state index is -3.36. The second-order valence-electron chi connectivity index (χ2n) is 5.89. The number of nitrogens with one attached hydrogen (secondary N) is 1. The minimum Gasteiger partial charge on any atom is -0.310 e. The van der Waals surface area contributed by atoms with E-state index in [1.54, 1.807) is 13.1 Å². The first-order valence-electron chi connectivity index (χ1n) is 7.13. The van der Waals surface area contributed by atoms with Crippen LogP contribution < -0.4 is 5.32 Å². The topological polar surface area (TPSA) is 49.4 Å². The molecule has 1 N–H and O–H groups in total. The van der Waals surface area contributed by atoms with E-state index in [-0.39, 0.29) is 6.04 Å². The summed E-state index contributed by atoms with van der Waals surface area (Å²) < 4.78 is 26.8. The normalized spacial score (nSPS) is 16.1. The summed E-state index contributed by atoms with van der Waals surface area (Å²) in [7, 11) is -1.68. The third-order valence-electron chi connectivity index (χ3n) is 3.69. The van der Waals surface area contributed by atoms with Gasteiger partial charge in [-0.1, -0.05) is 26.0 Å². The molecule has 0 amide bonds. The quantitative estimate of drug-likeness (QED) is 0.876. The van der Waals surface area contributed by atoms with Gasteiger partial charge in [-0.25, -0.2) is 8.42 Å². The van der Waals surface area contributed by atoms with Gasteiger partial charge in [0.25, 0.3) is 0 Å². The fraction of sp³-hybridized carbons (Fsp3) is 0.600. The van der Waals surface area contributed by atoms with Crippen LogP contribution in [0.5, 0.6) is 0 Å². The van der Waals surface area contributed by atoms with Gasteiger partial charge >= 0.3 is 0 Å². The standard InChI is InChI=1S/C15H24N2O2S/c1-11(2)16-10-13-6-5-12(3)15(9-13)20(18,19)17(4)14-7-8-14/h5-6,9,11,14,16H,7-8,10H2,1-4H3. The Morgan fingerprint density at radius 3 is 2.55 bits per heavy atom. The van der Waals surface area contributed by atoms with E-state index in [2.05, 4.69) is 19.2 Å². The molecule has 5 heteroatoms. The molecular formula is C15H24N2O2S. The SMILES string of the molecule is Cc1ccc(CNC(C)C)cc1S(=O)(=O)N(C)C1CC1. The Kier molecular flexibility index (Phi) is 4.52. The monoisotopic (exact) mass is 296 g/mol. The van der Waals surface area contributed by atoms with Crippen molar-refractivity contribution in [1.82, 2.24) is 9.62 Å². The van der Waals surface area contributed by atoms with Crippen LogP contribution in [0.2, 0.25) is 0 Å². The van der Waals surface area contributed by atoms with E-state index >= 15 is 0 Å². The molecule has 20 heavy (non-hydrogen) atoms. The molecule has 0 spiro atoms. The summed E-state index contributed by atoms with van der Waals surface area (Å²) in [6.45, 7) is 6.69. The van der Waals surface area contributed by atoms with Crippen molar-refractivity contribution in [3.05, 3.63) is 29.3 Å². The van der Waals surface area contributed by atoms with Crippen LogP contribution in [0, 0.1) is 6.92 Å². The summed E-state index contributed by atoms with van der Waals surface area (Å²) in [5, 5.41) is 3.32. The molecule has 2 rings (SSSR count). The van der Waals surface area contributed by atoms with Crippen LogP contribution in [0.25, 0.3) is 0 Å². The fourth-order valence-corrected chi connectivity index (χ4v) is 3.83. The van der Waals surface area contributed by atoms with Crippen molar-refractivity contribution in [1.29, 1.82) is 0 Å². The van der Waals surface area contributed by atoms with E-state index in [4.69, 9.17) is 0 Å². The molecule has 1 aliphatic rings. The van der Waals surface area contributed by atoms with Gasteiger partial charge < -0.3 is 5.32 Å². The first-order chi connectivity index (χ1) is 9.32. The number of sulfonamides is 1. The van der Waals surface area contributed by atoms with E-state index in [9.17, 15) is 8.42 Å². The van der Waals surface area contributed by atoms with Crippen LogP contribution in [-0.2, 0) is 16.6 Å². The second-order valence-corrected chi connectivity index (χ2v) is 7.85. The van der Waals surface area contributed by atoms with Crippen LogP contribution in [-0.4, -0.2) is 31.9 Å². The van der Waals surface area contributed by atoms with E-state index in [1.807, 2.05) is 19.1 Å². The van der Waals surface area contributed by atoms with Crippen LogP contribution in [0.3, 0.4) is 0 Å². The van der Waals surface area contributed by atoms with E-state index < -0.39 is 10.0 Å². The highest BCUT2D eigenvalue weighted by molar-refractivity contribution is 7.89. The first-order valence-corrected chi connectivity index (χ1v) is 8.57. The van der Waals surface area contributed by atoms with Gasteiger partial charge in [0.05, 0.1) is 4.90 Å². The fourth-order valence-electron chi connectivity index (χ4n) is 2.14. The van der Waals surface area contributed by atoms with Crippen molar-refractivity contribution in [2.45, 2.75) is 57.1 Å². The van der Waals surface area contributed by atoms with Crippen molar-refractivity contribution in [3.8, 4) is 0 Å². The maximum atomic E-state index is 12.6. The summed E-state index contributed by atoms with van der Waals surface area (Å²) >= 11 is 0. The highest BCUT2D eigenvalue weighted by Gasteiger charge is 2.35. The van der Waals surface area contributed by atoms with Crippen LogP contribution >= 0.6 is 0 Å². The highest BCUT2D eigenvalue weighted by atomic mass is 32.2. The summed E-state index contributed by atoms with van der Waals surface area (Å²) in [6, 6.07) is 6.26. The molecule has 0 atom stereocenters. The van der Waals surface area contributed by atoms with Gasteiger partial charge in [-0.05, 0) is 37.0 Å². The second kappa shape index (κ2) is 5.84. The van der Waals surface area contributed by atoms with Crippen molar-refractivity contribution in [2.24, 2.45) is 0 Å². The molecule has 1 aromatic rings. The Balaban J connectivity index is 2.27. The summed E-state index contributed by atoms with van der Waals surface area (Å²) in [5.74, 6) is 0. The Labute approximate surface area is 122 Å². The molecular weight excluding hydrogens is 272 g/mol. The lowest BCUT2D eigenvalue weighted by Gasteiger charge is -2.19. The van der Waals surface area contributed by atoms with Gasteiger partial charge in [0, 0.05) is 25.7 Å². The molecule has 1 fully saturated rings. The van der Waals surface area contributed by atoms with E-state index in [0.29, 0.717) is 17.5 Å². The van der Waals surface area contributed by atoms with Gasteiger partial charge in [0.1, 0.15) is 0 Å². The Morgan fingerprint density at radius 1 is 1.35 bits per heavy atom. The molecule has 0 unspecified atom stereocenters. The number of nitrogens with zero attached hydrogens (tertiary/aromatic N) is 1. The van der Waals surface area contributed by atoms with Crippen molar-refractivity contribution in [3.63, 3.8) is 0 Å². The average Bonchev–Trinajstić information content (AvgIpc) is 3.20. The van der Waals surface area contributed by atoms with Gasteiger partial charge in [0.15, 0.2) is 0 Å². The minimum absolute atomic E-state index is 0.192. The molecule has 0 aromatic heterocycles. The summed E-state index contributed by atoms with van der Waals surface area (Å²) in [6.07, 6.45) is 1.95.